The minimum Gasteiger partial charge on any atom is -0.493 e. The molecule has 0 saturated heterocycles. The minimum atomic E-state index is -0.494. The molecule has 1 aromatic heterocycles. The van der Waals surface area contributed by atoms with Gasteiger partial charge in [-0.05, 0) is 24.1 Å². The summed E-state index contributed by atoms with van der Waals surface area (Å²) in [6.45, 7) is 4.14. The zero-order chi connectivity index (χ0) is 22.5. The number of amides is 1. The second-order valence-corrected chi connectivity index (χ2v) is 7.62. The maximum Gasteiger partial charge on any atom is 0.331 e. The molecule has 0 atom stereocenters. The molecule has 2 aromatic carbocycles. The highest BCUT2D eigenvalue weighted by molar-refractivity contribution is 5.81. The van der Waals surface area contributed by atoms with E-state index in [4.69, 9.17) is 9.47 Å². The van der Waals surface area contributed by atoms with Gasteiger partial charge in [0.2, 0.25) is 5.91 Å². The van der Waals surface area contributed by atoms with Gasteiger partial charge >= 0.3 is 5.69 Å². The average Bonchev–Trinajstić information content (AvgIpc) is 2.77. The lowest BCUT2D eigenvalue weighted by Crippen LogP contribution is -2.43. The smallest absolute Gasteiger partial charge is 0.331 e. The Morgan fingerprint density at radius 2 is 1.74 bits per heavy atom. The van der Waals surface area contributed by atoms with Gasteiger partial charge in [-0.15, -0.1) is 0 Å². The molecule has 0 radical (unpaired) electrons. The Morgan fingerprint density at radius 1 is 1.00 bits per heavy atom. The molecular formula is C23H27N3O5. The van der Waals surface area contributed by atoms with Gasteiger partial charge in [0.15, 0.2) is 11.5 Å². The van der Waals surface area contributed by atoms with Crippen LogP contribution in [0.4, 0.5) is 0 Å². The summed E-state index contributed by atoms with van der Waals surface area (Å²) in [6, 6.07) is 12.2. The van der Waals surface area contributed by atoms with E-state index in [0.29, 0.717) is 22.4 Å². The monoisotopic (exact) mass is 425 g/mol. The fraction of sp³-hybridized carbons (Fsp3) is 0.348. The number of hydrogen-bond acceptors (Lipinski definition) is 5. The Hall–Kier alpha value is -3.55. The van der Waals surface area contributed by atoms with Crippen LogP contribution in [0.5, 0.6) is 11.5 Å². The summed E-state index contributed by atoms with van der Waals surface area (Å²) in [7, 11) is 3.08. The van der Waals surface area contributed by atoms with E-state index >= 15 is 0 Å². The highest BCUT2D eigenvalue weighted by atomic mass is 16.5. The van der Waals surface area contributed by atoms with Crippen molar-refractivity contribution in [1.29, 1.82) is 0 Å². The highest BCUT2D eigenvalue weighted by Crippen LogP contribution is 2.30. The third-order valence-electron chi connectivity index (χ3n) is 4.94. The molecule has 0 aliphatic heterocycles. The number of ether oxygens (including phenoxy) is 2. The van der Waals surface area contributed by atoms with E-state index in [2.05, 4.69) is 5.32 Å². The van der Waals surface area contributed by atoms with Crippen LogP contribution in [0.2, 0.25) is 0 Å². The van der Waals surface area contributed by atoms with Crippen LogP contribution in [-0.4, -0.2) is 29.3 Å². The van der Waals surface area contributed by atoms with Crippen molar-refractivity contribution in [3.05, 3.63) is 68.9 Å². The van der Waals surface area contributed by atoms with Crippen molar-refractivity contribution in [1.82, 2.24) is 14.5 Å². The molecule has 8 heteroatoms. The van der Waals surface area contributed by atoms with E-state index in [1.165, 1.54) is 16.2 Å². The zero-order valence-electron chi connectivity index (χ0n) is 18.2. The largest absolute Gasteiger partial charge is 0.493 e. The van der Waals surface area contributed by atoms with Gasteiger partial charge in [-0.2, -0.15) is 0 Å². The SMILES string of the molecule is COc1cccc(CNC(=O)Cn2c(=O)n(CC(C)C)c(=O)c3ccccc32)c1OC. The van der Waals surface area contributed by atoms with Crippen LogP contribution in [0, 0.1) is 5.92 Å². The first-order valence-corrected chi connectivity index (χ1v) is 10.1. The Labute approximate surface area is 180 Å². The lowest BCUT2D eigenvalue weighted by Gasteiger charge is -2.16. The van der Waals surface area contributed by atoms with Crippen molar-refractivity contribution in [2.24, 2.45) is 5.92 Å². The van der Waals surface area contributed by atoms with Gasteiger partial charge in [0.05, 0.1) is 25.1 Å². The average molecular weight is 425 g/mol. The van der Waals surface area contributed by atoms with E-state index in [-0.39, 0.29) is 37.0 Å². The number of para-hydroxylation sites is 2. The molecule has 1 heterocycles. The summed E-state index contributed by atoms with van der Waals surface area (Å²) in [5.74, 6) is 0.858. The van der Waals surface area contributed by atoms with Gasteiger partial charge in [-0.25, -0.2) is 4.79 Å². The number of nitrogens with zero attached hydrogens (tertiary/aromatic N) is 2. The van der Waals surface area contributed by atoms with Crippen molar-refractivity contribution in [3.63, 3.8) is 0 Å². The lowest BCUT2D eigenvalue weighted by molar-refractivity contribution is -0.121. The van der Waals surface area contributed by atoms with Gasteiger partial charge in [-0.3, -0.25) is 18.7 Å². The van der Waals surface area contributed by atoms with Gasteiger partial charge in [-0.1, -0.05) is 38.1 Å². The molecular weight excluding hydrogens is 398 g/mol. The first-order valence-electron chi connectivity index (χ1n) is 10.1. The number of aromatic nitrogens is 2. The van der Waals surface area contributed by atoms with Crippen molar-refractivity contribution in [3.8, 4) is 11.5 Å². The zero-order valence-corrected chi connectivity index (χ0v) is 18.2. The van der Waals surface area contributed by atoms with Gasteiger partial charge in [0, 0.05) is 18.7 Å². The van der Waals surface area contributed by atoms with Crippen molar-refractivity contribution < 1.29 is 14.3 Å². The molecule has 0 saturated carbocycles. The van der Waals surface area contributed by atoms with E-state index in [9.17, 15) is 14.4 Å². The molecule has 0 bridgehead atoms. The summed E-state index contributed by atoms with van der Waals surface area (Å²) < 4.78 is 13.2. The van der Waals surface area contributed by atoms with Crippen LogP contribution in [0.15, 0.2) is 52.1 Å². The Bertz CT molecular complexity index is 1210. The van der Waals surface area contributed by atoms with E-state index in [0.717, 1.165) is 5.56 Å². The van der Waals surface area contributed by atoms with Crippen LogP contribution in [0.25, 0.3) is 10.9 Å². The molecule has 0 unspecified atom stereocenters. The minimum absolute atomic E-state index is 0.106. The van der Waals surface area contributed by atoms with Gasteiger partial charge < -0.3 is 14.8 Å². The topological polar surface area (TPSA) is 91.6 Å². The highest BCUT2D eigenvalue weighted by Gasteiger charge is 2.16. The molecule has 0 aliphatic rings. The van der Waals surface area contributed by atoms with Gasteiger partial charge in [0.25, 0.3) is 5.56 Å². The molecule has 0 fully saturated rings. The number of rotatable bonds is 8. The first kappa shape index (κ1) is 22.1. The summed E-state index contributed by atoms with van der Waals surface area (Å²) in [5, 5.41) is 3.23. The predicted octanol–water partition coefficient (Wildman–Crippen LogP) is 2.15. The molecule has 8 nitrogen and oxygen atoms in total. The fourth-order valence-electron chi connectivity index (χ4n) is 3.54. The Morgan fingerprint density at radius 3 is 2.42 bits per heavy atom. The summed E-state index contributed by atoms with van der Waals surface area (Å²) in [4.78, 5) is 38.6. The maximum absolute atomic E-state index is 13.0. The summed E-state index contributed by atoms with van der Waals surface area (Å²) >= 11 is 0. The third kappa shape index (κ3) is 4.63. The van der Waals surface area contributed by atoms with E-state index in [1.54, 1.807) is 37.4 Å². The molecule has 164 valence electrons. The van der Waals surface area contributed by atoms with E-state index in [1.807, 2.05) is 26.0 Å². The van der Waals surface area contributed by atoms with Crippen LogP contribution >= 0.6 is 0 Å². The molecule has 0 spiro atoms. The number of carbonyl (C=O) groups excluding carboxylic acids is 1. The van der Waals surface area contributed by atoms with Crippen LogP contribution in [0.1, 0.15) is 19.4 Å². The maximum atomic E-state index is 13.0. The van der Waals surface area contributed by atoms with Crippen molar-refractivity contribution in [2.45, 2.75) is 33.5 Å². The second-order valence-electron chi connectivity index (χ2n) is 7.62. The molecule has 1 amide bonds. The molecule has 1 N–H and O–H groups in total. The Kier molecular flexibility index (Phi) is 6.79. The fourth-order valence-corrected chi connectivity index (χ4v) is 3.54. The number of carbonyl (C=O) groups is 1. The normalized spacial score (nSPS) is 11.0. The summed E-state index contributed by atoms with van der Waals surface area (Å²) in [6.07, 6.45) is 0. The molecule has 3 aromatic rings. The second kappa shape index (κ2) is 9.51. The molecule has 31 heavy (non-hydrogen) atoms. The summed E-state index contributed by atoms with van der Waals surface area (Å²) in [5.41, 5.74) is 0.349. The van der Waals surface area contributed by atoms with Crippen molar-refractivity contribution in [2.75, 3.05) is 14.2 Å². The standard InChI is InChI=1S/C23H27N3O5/c1-15(2)13-26-22(28)17-9-5-6-10-18(17)25(23(26)29)14-20(27)24-12-16-8-7-11-19(30-3)21(16)31-4/h5-11,15H,12-14H2,1-4H3,(H,24,27). The number of hydrogen-bond donors (Lipinski definition) is 1. The predicted molar refractivity (Wildman–Crippen MR) is 119 cm³/mol. The molecule has 3 rings (SSSR count). The quantitative estimate of drug-likeness (QED) is 0.597. The first-order chi connectivity index (χ1) is 14.9. The number of fused-ring (bicyclic) bond motifs is 1. The van der Waals surface area contributed by atoms with Crippen LogP contribution < -0.4 is 26.0 Å². The third-order valence-corrected chi connectivity index (χ3v) is 4.94. The van der Waals surface area contributed by atoms with Crippen LogP contribution in [0.3, 0.4) is 0 Å². The number of methoxy groups -OCH3 is 2. The van der Waals surface area contributed by atoms with E-state index < -0.39 is 5.69 Å². The van der Waals surface area contributed by atoms with Gasteiger partial charge in [0.1, 0.15) is 6.54 Å². The van der Waals surface area contributed by atoms with Crippen molar-refractivity contribution >= 4 is 16.8 Å². The number of benzene rings is 2. The Balaban J connectivity index is 1.91. The lowest BCUT2D eigenvalue weighted by atomic mass is 10.2. The molecule has 0 aliphatic carbocycles. The van der Waals surface area contributed by atoms with Crippen LogP contribution in [-0.2, 0) is 24.4 Å². The number of nitrogens with one attached hydrogen (secondary N) is 1.